The molecule has 1 amide bonds. The summed E-state index contributed by atoms with van der Waals surface area (Å²) < 4.78 is 26.1. The van der Waals surface area contributed by atoms with Crippen LogP contribution in [0, 0.1) is 19.7 Å². The van der Waals surface area contributed by atoms with Crippen molar-refractivity contribution in [1.82, 2.24) is 4.90 Å². The monoisotopic (exact) mass is 401 g/mol. The molecule has 0 aliphatic carbocycles. The highest BCUT2D eigenvalue weighted by molar-refractivity contribution is 7.21. The number of hydrogen-bond donors (Lipinski definition) is 0. The fourth-order valence-corrected chi connectivity index (χ4v) is 4.43. The minimum absolute atomic E-state index is 0.156. The van der Waals surface area contributed by atoms with Crippen molar-refractivity contribution in [3.63, 3.8) is 0 Å². The van der Waals surface area contributed by atoms with E-state index in [0.29, 0.717) is 29.0 Å². The summed E-state index contributed by atoms with van der Waals surface area (Å²) in [5, 5.41) is 0.470. The molecule has 6 heteroatoms. The van der Waals surface area contributed by atoms with Gasteiger partial charge in [-0.05, 0) is 49.2 Å². The molecule has 0 aliphatic heterocycles. The molecule has 2 aromatic carbocycles. The normalized spacial score (nSPS) is 11.0. The van der Waals surface area contributed by atoms with E-state index in [9.17, 15) is 9.18 Å². The molecule has 28 heavy (non-hydrogen) atoms. The molecular weight excluding hydrogens is 377 g/mol. The van der Waals surface area contributed by atoms with Crippen LogP contribution in [-0.4, -0.2) is 38.1 Å². The van der Waals surface area contributed by atoms with Gasteiger partial charge in [0.25, 0.3) is 5.91 Å². The number of nitrogens with zero attached hydrogens (tertiary/aromatic N) is 1. The highest BCUT2D eigenvalue weighted by atomic mass is 32.1. The first-order valence-electron chi connectivity index (χ1n) is 9.06. The molecule has 0 fully saturated rings. The van der Waals surface area contributed by atoms with Gasteiger partial charge in [-0.25, -0.2) is 4.39 Å². The van der Waals surface area contributed by atoms with Crippen molar-refractivity contribution < 1.29 is 18.7 Å². The fourth-order valence-electron chi connectivity index (χ4n) is 3.21. The zero-order chi connectivity index (χ0) is 20.3. The number of ether oxygens (including phenoxy) is 2. The number of hydrogen-bond acceptors (Lipinski definition) is 4. The number of carbonyl (C=O) groups excluding carboxylic acids is 1. The zero-order valence-electron chi connectivity index (χ0n) is 16.5. The number of likely N-dealkylation sites (N-methyl/N-ethyl adjacent to an activating group) is 1. The molecule has 4 nitrogen and oxygen atoms in total. The predicted molar refractivity (Wildman–Crippen MR) is 111 cm³/mol. The van der Waals surface area contributed by atoms with Crippen molar-refractivity contribution in [3.8, 4) is 5.75 Å². The quantitative estimate of drug-likeness (QED) is 0.562. The van der Waals surface area contributed by atoms with Gasteiger partial charge in [-0.2, -0.15) is 0 Å². The van der Waals surface area contributed by atoms with Gasteiger partial charge >= 0.3 is 0 Å². The second kappa shape index (κ2) is 8.71. The van der Waals surface area contributed by atoms with E-state index in [1.807, 2.05) is 32.0 Å². The lowest BCUT2D eigenvalue weighted by atomic mass is 10.1. The van der Waals surface area contributed by atoms with Gasteiger partial charge in [-0.15, -0.1) is 11.3 Å². The molecule has 0 saturated heterocycles. The molecule has 3 aromatic rings. The number of halogens is 1. The summed E-state index contributed by atoms with van der Waals surface area (Å²) in [5.74, 6) is 0.305. The molecule has 1 aromatic heterocycles. The summed E-state index contributed by atoms with van der Waals surface area (Å²) in [6.45, 7) is 5.04. The second-order valence-corrected chi connectivity index (χ2v) is 7.91. The van der Waals surface area contributed by atoms with Crippen LogP contribution in [0.4, 0.5) is 4.39 Å². The first kappa shape index (κ1) is 20.3. The Hall–Kier alpha value is -2.44. The number of amides is 1. The molecule has 148 valence electrons. The van der Waals surface area contributed by atoms with Crippen molar-refractivity contribution in [2.24, 2.45) is 0 Å². The molecule has 3 rings (SSSR count). The van der Waals surface area contributed by atoms with Crippen LogP contribution in [-0.2, 0) is 11.3 Å². The van der Waals surface area contributed by atoms with E-state index in [1.54, 1.807) is 25.1 Å². The molecule has 0 saturated carbocycles. The Morgan fingerprint density at radius 2 is 1.89 bits per heavy atom. The van der Waals surface area contributed by atoms with E-state index >= 15 is 0 Å². The molecule has 0 N–H and O–H groups in total. The average molecular weight is 402 g/mol. The molecule has 0 aliphatic rings. The molecule has 0 radical (unpaired) electrons. The standard InChI is InChI=1S/C22H24FNO3S/c1-14-10-15(2)12-16(11-14)27-9-8-24(3)22(25)21-17(13-26-4)20-18(23)6-5-7-19(20)28-21/h5-7,10-12H,8-9,13H2,1-4H3. The van der Waals surface area contributed by atoms with E-state index in [0.717, 1.165) is 21.6 Å². The second-order valence-electron chi connectivity index (χ2n) is 6.85. The average Bonchev–Trinajstić information content (AvgIpc) is 3.00. The SMILES string of the molecule is COCc1c(C(=O)N(C)CCOc2cc(C)cc(C)c2)sc2cccc(F)c12. The van der Waals surface area contributed by atoms with Crippen LogP contribution >= 0.6 is 11.3 Å². The molecular formula is C22H24FNO3S. The largest absolute Gasteiger partial charge is 0.492 e. The van der Waals surface area contributed by atoms with Crippen molar-refractivity contribution in [2.45, 2.75) is 20.5 Å². The van der Waals surface area contributed by atoms with Crippen molar-refractivity contribution in [3.05, 3.63) is 63.8 Å². The lowest BCUT2D eigenvalue weighted by Crippen LogP contribution is -2.31. The lowest BCUT2D eigenvalue weighted by Gasteiger charge is -2.18. The maximum absolute atomic E-state index is 14.3. The Kier molecular flexibility index (Phi) is 6.31. The fraction of sp³-hybridized carbons (Fsp3) is 0.318. The Bertz CT molecular complexity index is 979. The summed E-state index contributed by atoms with van der Waals surface area (Å²) in [7, 11) is 3.27. The first-order chi connectivity index (χ1) is 13.4. The zero-order valence-corrected chi connectivity index (χ0v) is 17.4. The van der Waals surface area contributed by atoms with E-state index in [1.165, 1.54) is 17.4 Å². The Balaban J connectivity index is 1.74. The van der Waals surface area contributed by atoms with Crippen LogP contribution in [0.25, 0.3) is 10.1 Å². The Morgan fingerprint density at radius 3 is 2.57 bits per heavy atom. The Labute approximate surface area is 168 Å². The van der Waals surface area contributed by atoms with E-state index in [-0.39, 0.29) is 18.3 Å². The minimum atomic E-state index is -0.333. The lowest BCUT2D eigenvalue weighted by molar-refractivity contribution is 0.0774. The van der Waals surface area contributed by atoms with Gasteiger partial charge in [0.1, 0.15) is 18.2 Å². The molecule has 0 spiro atoms. The smallest absolute Gasteiger partial charge is 0.264 e. The third-order valence-electron chi connectivity index (χ3n) is 4.48. The minimum Gasteiger partial charge on any atom is -0.492 e. The van der Waals surface area contributed by atoms with Gasteiger partial charge in [-0.1, -0.05) is 12.1 Å². The number of methoxy groups -OCH3 is 1. The first-order valence-corrected chi connectivity index (χ1v) is 9.87. The molecule has 0 bridgehead atoms. The Morgan fingerprint density at radius 1 is 1.18 bits per heavy atom. The van der Waals surface area contributed by atoms with Crippen molar-refractivity contribution in [1.29, 1.82) is 0 Å². The van der Waals surface area contributed by atoms with Crippen LogP contribution in [0.2, 0.25) is 0 Å². The van der Waals surface area contributed by atoms with Gasteiger partial charge in [0.2, 0.25) is 0 Å². The van der Waals surface area contributed by atoms with Crippen molar-refractivity contribution >= 4 is 27.3 Å². The maximum Gasteiger partial charge on any atom is 0.264 e. The van der Waals surface area contributed by atoms with E-state index in [2.05, 4.69) is 6.07 Å². The number of fused-ring (bicyclic) bond motifs is 1. The maximum atomic E-state index is 14.3. The number of thiophene rings is 1. The third kappa shape index (κ3) is 4.34. The predicted octanol–water partition coefficient (Wildman–Crippen LogP) is 4.95. The summed E-state index contributed by atoms with van der Waals surface area (Å²) in [6.07, 6.45) is 0. The van der Waals surface area contributed by atoms with Crippen molar-refractivity contribution in [2.75, 3.05) is 27.3 Å². The number of benzene rings is 2. The highest BCUT2D eigenvalue weighted by Gasteiger charge is 2.23. The summed E-state index contributed by atoms with van der Waals surface area (Å²) in [6, 6.07) is 10.9. The van der Waals surface area contributed by atoms with Crippen LogP contribution in [0.15, 0.2) is 36.4 Å². The molecule has 0 atom stereocenters. The number of rotatable bonds is 7. The van der Waals surface area contributed by atoms with Gasteiger partial charge in [0.05, 0.1) is 18.0 Å². The molecule has 1 heterocycles. The number of carbonyl (C=O) groups is 1. The summed E-state index contributed by atoms with van der Waals surface area (Å²) >= 11 is 1.30. The summed E-state index contributed by atoms with van der Waals surface area (Å²) in [4.78, 5) is 15.1. The number of aryl methyl sites for hydroxylation is 2. The van der Waals surface area contributed by atoms with E-state index < -0.39 is 0 Å². The molecule has 0 unspecified atom stereocenters. The van der Waals surface area contributed by atoms with Gasteiger partial charge in [0.15, 0.2) is 0 Å². The van der Waals surface area contributed by atoms with Crippen LogP contribution in [0.1, 0.15) is 26.4 Å². The van der Waals surface area contributed by atoms with Crippen LogP contribution in [0.5, 0.6) is 5.75 Å². The van der Waals surface area contributed by atoms with Gasteiger partial charge in [-0.3, -0.25) is 4.79 Å². The highest BCUT2D eigenvalue weighted by Crippen LogP contribution is 2.34. The van der Waals surface area contributed by atoms with Crippen LogP contribution in [0.3, 0.4) is 0 Å². The van der Waals surface area contributed by atoms with E-state index in [4.69, 9.17) is 9.47 Å². The van der Waals surface area contributed by atoms with Gasteiger partial charge < -0.3 is 14.4 Å². The van der Waals surface area contributed by atoms with Crippen LogP contribution < -0.4 is 4.74 Å². The third-order valence-corrected chi connectivity index (χ3v) is 5.67. The topological polar surface area (TPSA) is 38.8 Å². The summed E-state index contributed by atoms with van der Waals surface area (Å²) in [5.41, 5.74) is 2.87. The van der Waals surface area contributed by atoms with Gasteiger partial charge in [0, 0.05) is 29.8 Å².